The Morgan fingerprint density at radius 3 is 3.00 bits per heavy atom. The number of nitrogens with one attached hydrogen (secondary N) is 3. The topological polar surface area (TPSA) is 109 Å². The van der Waals surface area contributed by atoms with Crippen LogP contribution in [0.15, 0.2) is 32.4 Å². The predicted molar refractivity (Wildman–Crippen MR) is 68.0 cm³/mol. The Morgan fingerprint density at radius 1 is 1.42 bits per heavy atom. The van der Waals surface area contributed by atoms with Crippen molar-refractivity contribution in [3.05, 3.63) is 45.0 Å². The summed E-state index contributed by atoms with van der Waals surface area (Å²) in [6.07, 6.45) is 1.57. The van der Waals surface area contributed by atoms with E-state index in [2.05, 4.69) is 20.3 Å². The van der Waals surface area contributed by atoms with Gasteiger partial charge in [0.25, 0.3) is 5.56 Å². The van der Waals surface area contributed by atoms with Crippen molar-refractivity contribution >= 4 is 17.1 Å². The summed E-state index contributed by atoms with van der Waals surface area (Å²) in [6, 6.07) is 3.60. The van der Waals surface area contributed by atoms with Crippen LogP contribution in [0.3, 0.4) is 0 Å². The number of nitrogens with zero attached hydrogens (tertiary/aromatic N) is 2. The molecule has 0 aliphatic rings. The summed E-state index contributed by atoms with van der Waals surface area (Å²) in [4.78, 5) is 32.2. The van der Waals surface area contributed by atoms with Crippen LogP contribution in [0, 0.1) is 0 Å². The van der Waals surface area contributed by atoms with Crippen molar-refractivity contribution in [2.24, 2.45) is 7.05 Å². The smallest absolute Gasteiger partial charge is 0.329 e. The lowest BCUT2D eigenvalue weighted by Gasteiger charge is -1.98. The molecule has 98 valence electrons. The third-order valence-electron chi connectivity index (χ3n) is 2.76. The highest BCUT2D eigenvalue weighted by Gasteiger charge is 2.10. The Labute approximate surface area is 106 Å². The highest BCUT2D eigenvalue weighted by atomic mass is 16.3. The highest BCUT2D eigenvalue weighted by molar-refractivity contribution is 5.72. The molecule has 3 aromatic heterocycles. The van der Waals surface area contributed by atoms with E-state index in [4.69, 9.17) is 4.42 Å². The van der Waals surface area contributed by atoms with E-state index < -0.39 is 11.2 Å². The number of rotatable bonds is 3. The molecule has 0 fully saturated rings. The van der Waals surface area contributed by atoms with Gasteiger partial charge in [-0.2, -0.15) is 4.98 Å². The lowest BCUT2D eigenvalue weighted by molar-refractivity contribution is 0.517. The third kappa shape index (κ3) is 1.92. The van der Waals surface area contributed by atoms with Crippen molar-refractivity contribution in [3.63, 3.8) is 0 Å². The van der Waals surface area contributed by atoms with Gasteiger partial charge in [0.05, 0.1) is 12.8 Å². The Bertz CT molecular complexity index is 824. The van der Waals surface area contributed by atoms with Crippen LogP contribution >= 0.6 is 0 Å². The van der Waals surface area contributed by atoms with E-state index in [0.29, 0.717) is 18.1 Å². The molecule has 0 spiro atoms. The van der Waals surface area contributed by atoms with E-state index in [-0.39, 0.29) is 5.52 Å². The Morgan fingerprint density at radius 2 is 2.26 bits per heavy atom. The summed E-state index contributed by atoms with van der Waals surface area (Å²) in [5.74, 6) is 1.14. The third-order valence-corrected chi connectivity index (χ3v) is 2.76. The number of aromatic nitrogens is 4. The zero-order valence-corrected chi connectivity index (χ0v) is 10.1. The zero-order valence-electron chi connectivity index (χ0n) is 10.1. The van der Waals surface area contributed by atoms with Gasteiger partial charge in [0.1, 0.15) is 5.76 Å². The van der Waals surface area contributed by atoms with Crippen LogP contribution in [0.25, 0.3) is 11.2 Å². The van der Waals surface area contributed by atoms with Gasteiger partial charge in [0.15, 0.2) is 11.2 Å². The fourth-order valence-electron chi connectivity index (χ4n) is 1.77. The lowest BCUT2D eigenvalue weighted by atomic mass is 10.4. The molecule has 0 unspecified atom stereocenters. The molecule has 3 heterocycles. The van der Waals surface area contributed by atoms with Crippen molar-refractivity contribution < 1.29 is 4.42 Å². The molecule has 19 heavy (non-hydrogen) atoms. The largest absolute Gasteiger partial charge is 0.467 e. The average molecular weight is 261 g/mol. The molecule has 0 aliphatic carbocycles. The summed E-state index contributed by atoms with van der Waals surface area (Å²) < 4.78 is 6.44. The van der Waals surface area contributed by atoms with Crippen molar-refractivity contribution in [3.8, 4) is 0 Å². The van der Waals surface area contributed by atoms with E-state index in [1.807, 2.05) is 6.07 Å². The molecule has 0 atom stereocenters. The molecule has 3 aromatic rings. The summed E-state index contributed by atoms with van der Waals surface area (Å²) in [5.41, 5.74) is -0.432. The van der Waals surface area contributed by atoms with Gasteiger partial charge in [0, 0.05) is 7.05 Å². The first-order chi connectivity index (χ1) is 9.15. The van der Waals surface area contributed by atoms with Gasteiger partial charge in [-0.25, -0.2) is 4.79 Å². The van der Waals surface area contributed by atoms with E-state index in [9.17, 15) is 9.59 Å². The van der Waals surface area contributed by atoms with Crippen LogP contribution in [0.5, 0.6) is 0 Å². The number of fused-ring (bicyclic) bond motifs is 1. The maximum absolute atomic E-state index is 11.6. The van der Waals surface area contributed by atoms with Gasteiger partial charge in [0.2, 0.25) is 5.95 Å². The quantitative estimate of drug-likeness (QED) is 0.622. The average Bonchev–Trinajstić information content (AvgIpc) is 3.03. The molecule has 8 nitrogen and oxygen atoms in total. The van der Waals surface area contributed by atoms with Crippen molar-refractivity contribution in [1.82, 2.24) is 19.5 Å². The standard InChI is InChI=1S/C11H11N5O3/c1-16-8-7(9(17)15-11(16)18)13-10(14-8)12-5-6-3-2-4-19-6/h2-4H,5H2,1H3,(H2,12,13,14)(H,15,17,18). The van der Waals surface area contributed by atoms with Gasteiger partial charge >= 0.3 is 5.69 Å². The van der Waals surface area contributed by atoms with Gasteiger partial charge in [-0.3, -0.25) is 14.3 Å². The number of aryl methyl sites for hydroxylation is 1. The molecule has 3 N–H and O–H groups in total. The van der Waals surface area contributed by atoms with Crippen molar-refractivity contribution in [2.45, 2.75) is 6.54 Å². The Hall–Kier alpha value is -2.77. The summed E-state index contributed by atoms with van der Waals surface area (Å²) >= 11 is 0. The molecule has 8 heteroatoms. The summed E-state index contributed by atoms with van der Waals surface area (Å²) in [6.45, 7) is 0.429. The van der Waals surface area contributed by atoms with Crippen LogP contribution in [-0.2, 0) is 13.6 Å². The molecule has 0 saturated heterocycles. The maximum Gasteiger partial charge on any atom is 0.329 e. The number of hydrogen-bond acceptors (Lipinski definition) is 5. The molecule has 0 radical (unpaired) electrons. The van der Waals surface area contributed by atoms with E-state index >= 15 is 0 Å². The van der Waals surface area contributed by atoms with E-state index in [0.717, 1.165) is 5.76 Å². The predicted octanol–water partition coefficient (Wildman–Crippen LogP) is 0.155. The second-order valence-corrected chi connectivity index (χ2v) is 4.04. The van der Waals surface area contributed by atoms with E-state index in [1.54, 1.807) is 12.3 Å². The first kappa shape index (κ1) is 11.3. The van der Waals surface area contributed by atoms with Gasteiger partial charge in [-0.1, -0.05) is 0 Å². The maximum atomic E-state index is 11.6. The minimum absolute atomic E-state index is 0.254. The van der Waals surface area contributed by atoms with Gasteiger partial charge in [-0.05, 0) is 12.1 Å². The van der Waals surface area contributed by atoms with Crippen LogP contribution < -0.4 is 16.6 Å². The second-order valence-electron chi connectivity index (χ2n) is 4.04. The normalized spacial score (nSPS) is 11.0. The van der Waals surface area contributed by atoms with Crippen LogP contribution in [0.4, 0.5) is 5.95 Å². The number of furan rings is 1. The first-order valence-electron chi connectivity index (χ1n) is 5.60. The summed E-state index contributed by atoms with van der Waals surface area (Å²) in [7, 11) is 1.54. The molecule has 0 aliphatic heterocycles. The first-order valence-corrected chi connectivity index (χ1v) is 5.60. The van der Waals surface area contributed by atoms with Crippen molar-refractivity contribution in [1.29, 1.82) is 0 Å². The van der Waals surface area contributed by atoms with Crippen molar-refractivity contribution in [2.75, 3.05) is 5.32 Å². The summed E-state index contributed by atoms with van der Waals surface area (Å²) in [5, 5.41) is 2.98. The lowest BCUT2D eigenvalue weighted by Crippen LogP contribution is -2.28. The Kier molecular flexibility index (Phi) is 2.48. The monoisotopic (exact) mass is 261 g/mol. The molecular formula is C11H11N5O3. The number of H-pyrrole nitrogens is 2. The minimum atomic E-state index is -0.499. The minimum Gasteiger partial charge on any atom is -0.467 e. The number of hydrogen-bond donors (Lipinski definition) is 3. The Balaban J connectivity index is 1.98. The van der Waals surface area contributed by atoms with Crippen LogP contribution in [-0.4, -0.2) is 19.5 Å². The zero-order chi connectivity index (χ0) is 13.4. The van der Waals surface area contributed by atoms with Gasteiger partial charge in [-0.15, -0.1) is 0 Å². The highest BCUT2D eigenvalue weighted by Crippen LogP contribution is 2.09. The van der Waals surface area contributed by atoms with Crippen LogP contribution in [0.1, 0.15) is 5.76 Å². The fraction of sp³-hybridized carbons (Fsp3) is 0.182. The molecule has 0 bridgehead atoms. The van der Waals surface area contributed by atoms with Crippen LogP contribution in [0.2, 0.25) is 0 Å². The number of anilines is 1. The number of imidazole rings is 1. The molecule has 3 rings (SSSR count). The second kappa shape index (κ2) is 4.16. The molecule has 0 saturated carbocycles. The number of aromatic amines is 2. The molecular weight excluding hydrogens is 250 g/mol. The molecule has 0 amide bonds. The van der Waals surface area contributed by atoms with Gasteiger partial charge < -0.3 is 14.7 Å². The van der Waals surface area contributed by atoms with E-state index in [1.165, 1.54) is 11.6 Å². The molecule has 0 aromatic carbocycles. The fourth-order valence-corrected chi connectivity index (χ4v) is 1.77. The SMILES string of the molecule is Cn1c(=O)[nH]c(=O)c2[nH]c(NCc3ccco3)nc21.